The van der Waals surface area contributed by atoms with Crippen LogP contribution >= 0.6 is 0 Å². The van der Waals surface area contributed by atoms with Crippen LogP contribution in [0.4, 0.5) is 4.39 Å². The first-order valence-corrected chi connectivity index (χ1v) is 9.01. The Hall–Kier alpha value is -3.81. The van der Waals surface area contributed by atoms with Gasteiger partial charge in [0.05, 0.1) is 11.4 Å². The van der Waals surface area contributed by atoms with E-state index < -0.39 is 5.91 Å². The molecule has 2 aromatic heterocycles. The van der Waals surface area contributed by atoms with Gasteiger partial charge in [-0.1, -0.05) is 23.4 Å². The van der Waals surface area contributed by atoms with Crippen LogP contribution in [0.3, 0.4) is 0 Å². The molecule has 0 aliphatic carbocycles. The zero-order chi connectivity index (χ0) is 20.4. The number of benzene rings is 2. The predicted octanol–water partition coefficient (Wildman–Crippen LogP) is 3.61. The van der Waals surface area contributed by atoms with Gasteiger partial charge in [-0.15, -0.1) is 0 Å². The van der Waals surface area contributed by atoms with E-state index in [4.69, 9.17) is 4.52 Å². The van der Waals surface area contributed by atoms with Gasteiger partial charge >= 0.3 is 11.8 Å². The fourth-order valence-corrected chi connectivity index (χ4v) is 3.03. The first-order valence-electron chi connectivity index (χ1n) is 9.01. The second-order valence-electron chi connectivity index (χ2n) is 6.51. The zero-order valence-electron chi connectivity index (χ0n) is 15.9. The van der Waals surface area contributed by atoms with E-state index in [-0.39, 0.29) is 24.1 Å². The summed E-state index contributed by atoms with van der Waals surface area (Å²) >= 11 is 0. The number of rotatable bonds is 5. The fraction of sp³-hybridized carbons (Fsp3) is 0.143. The van der Waals surface area contributed by atoms with E-state index in [1.54, 1.807) is 0 Å². The van der Waals surface area contributed by atoms with Crippen molar-refractivity contribution in [2.24, 2.45) is 0 Å². The van der Waals surface area contributed by atoms with Crippen LogP contribution in [0.2, 0.25) is 0 Å². The Bertz CT molecular complexity index is 1150. The van der Waals surface area contributed by atoms with Crippen LogP contribution in [0.5, 0.6) is 0 Å². The maximum absolute atomic E-state index is 13.0. The molecule has 0 unspecified atom stereocenters. The van der Waals surface area contributed by atoms with Gasteiger partial charge < -0.3 is 9.84 Å². The van der Waals surface area contributed by atoms with E-state index in [0.29, 0.717) is 5.56 Å². The molecular weight excluding hydrogens is 373 g/mol. The van der Waals surface area contributed by atoms with Crippen LogP contribution in [0.25, 0.3) is 17.1 Å². The number of amides is 1. The van der Waals surface area contributed by atoms with E-state index in [2.05, 4.69) is 20.6 Å². The van der Waals surface area contributed by atoms with Crippen molar-refractivity contribution in [1.82, 2.24) is 25.2 Å². The maximum Gasteiger partial charge on any atom is 0.316 e. The topological polar surface area (TPSA) is 85.8 Å². The van der Waals surface area contributed by atoms with Crippen molar-refractivity contribution >= 4 is 5.91 Å². The summed E-state index contributed by atoms with van der Waals surface area (Å²) < 4.78 is 19.9. The van der Waals surface area contributed by atoms with E-state index >= 15 is 0 Å². The van der Waals surface area contributed by atoms with Crippen molar-refractivity contribution in [2.45, 2.75) is 20.4 Å². The van der Waals surface area contributed by atoms with Gasteiger partial charge in [0.1, 0.15) is 5.82 Å². The third-order valence-electron chi connectivity index (χ3n) is 4.59. The number of aryl methyl sites for hydroxylation is 1. The van der Waals surface area contributed by atoms with Crippen molar-refractivity contribution in [3.8, 4) is 17.1 Å². The highest BCUT2D eigenvalue weighted by atomic mass is 19.1. The summed E-state index contributed by atoms with van der Waals surface area (Å²) in [5, 5.41) is 11.1. The average molecular weight is 391 g/mol. The summed E-state index contributed by atoms with van der Waals surface area (Å²) in [6, 6.07) is 15.4. The lowest BCUT2D eigenvalue weighted by Gasteiger charge is -2.06. The molecule has 146 valence electrons. The molecule has 1 N–H and O–H groups in total. The van der Waals surface area contributed by atoms with Gasteiger partial charge in [0.25, 0.3) is 0 Å². The molecule has 0 radical (unpaired) electrons. The third-order valence-corrected chi connectivity index (χ3v) is 4.59. The summed E-state index contributed by atoms with van der Waals surface area (Å²) in [5.74, 6) is -0.788. The molecule has 0 aliphatic heterocycles. The highest BCUT2D eigenvalue weighted by molar-refractivity contribution is 5.89. The lowest BCUT2D eigenvalue weighted by Crippen LogP contribution is -2.23. The van der Waals surface area contributed by atoms with Gasteiger partial charge in [-0.25, -0.2) is 9.07 Å². The quantitative estimate of drug-likeness (QED) is 0.562. The molecule has 7 nitrogen and oxygen atoms in total. The van der Waals surface area contributed by atoms with E-state index in [1.807, 2.05) is 48.9 Å². The van der Waals surface area contributed by atoms with Crippen molar-refractivity contribution in [3.05, 3.63) is 83.3 Å². The molecule has 4 aromatic rings. The smallest absolute Gasteiger partial charge is 0.316 e. The van der Waals surface area contributed by atoms with Gasteiger partial charge in [-0.3, -0.25) is 4.79 Å². The van der Waals surface area contributed by atoms with Crippen LogP contribution in [-0.4, -0.2) is 25.8 Å². The molecule has 29 heavy (non-hydrogen) atoms. The summed E-state index contributed by atoms with van der Waals surface area (Å²) in [4.78, 5) is 16.5. The van der Waals surface area contributed by atoms with Gasteiger partial charge in [0.2, 0.25) is 5.82 Å². The normalized spacial score (nSPS) is 10.9. The molecule has 1 amide bonds. The van der Waals surface area contributed by atoms with Crippen molar-refractivity contribution in [2.75, 3.05) is 0 Å². The molecule has 0 atom stereocenters. The molecule has 4 rings (SSSR count). The monoisotopic (exact) mass is 391 g/mol. The number of halogens is 1. The Balaban J connectivity index is 1.48. The third kappa shape index (κ3) is 3.77. The Morgan fingerprint density at radius 3 is 2.55 bits per heavy atom. The minimum atomic E-state index is -0.489. The summed E-state index contributed by atoms with van der Waals surface area (Å²) in [5.41, 5.74) is 4.19. The zero-order valence-corrected chi connectivity index (χ0v) is 15.9. The number of aromatic nitrogens is 4. The highest BCUT2D eigenvalue weighted by Crippen LogP contribution is 2.19. The van der Waals surface area contributed by atoms with E-state index in [0.717, 1.165) is 22.6 Å². The number of carbonyl (C=O) groups is 1. The number of hydrogen-bond acceptors (Lipinski definition) is 5. The largest absolute Gasteiger partial charge is 0.344 e. The Morgan fingerprint density at radius 2 is 1.83 bits per heavy atom. The Labute approximate surface area is 166 Å². The molecule has 0 spiro atoms. The number of nitrogens with one attached hydrogen (secondary N) is 1. The fourth-order valence-electron chi connectivity index (χ4n) is 3.03. The Kier molecular flexibility index (Phi) is 4.90. The van der Waals surface area contributed by atoms with Crippen LogP contribution in [-0.2, 0) is 6.54 Å². The number of nitrogens with zero attached hydrogens (tertiary/aromatic N) is 4. The summed E-state index contributed by atoms with van der Waals surface area (Å²) in [7, 11) is 0. The first kappa shape index (κ1) is 18.5. The first-order chi connectivity index (χ1) is 14.0. The molecule has 8 heteroatoms. The molecule has 0 aliphatic rings. The lowest BCUT2D eigenvalue weighted by atomic mass is 10.2. The highest BCUT2D eigenvalue weighted by Gasteiger charge is 2.18. The van der Waals surface area contributed by atoms with Crippen LogP contribution < -0.4 is 5.32 Å². The summed E-state index contributed by atoms with van der Waals surface area (Å²) in [6.07, 6.45) is 0. The second kappa shape index (κ2) is 7.67. The van der Waals surface area contributed by atoms with E-state index in [1.165, 1.54) is 24.3 Å². The van der Waals surface area contributed by atoms with Crippen LogP contribution in [0.1, 0.15) is 27.6 Å². The minimum absolute atomic E-state index is 0.157. The van der Waals surface area contributed by atoms with Crippen LogP contribution in [0.15, 0.2) is 59.1 Å². The number of carbonyl (C=O) groups excluding carboxylic acids is 1. The van der Waals surface area contributed by atoms with Gasteiger partial charge in [-0.05, 0) is 50.2 Å². The summed E-state index contributed by atoms with van der Waals surface area (Å²) in [6.45, 7) is 4.12. The standard InChI is InChI=1S/C21H18FN5O2/c1-13-18(14(2)27(25-13)17-6-4-3-5-7-17)12-23-20(28)21-24-19(26-29-21)15-8-10-16(22)11-9-15/h3-11H,12H2,1-2H3,(H,23,28). The van der Waals surface area contributed by atoms with E-state index in [9.17, 15) is 9.18 Å². The van der Waals surface area contributed by atoms with Crippen LogP contribution in [0, 0.1) is 19.7 Å². The Morgan fingerprint density at radius 1 is 1.10 bits per heavy atom. The SMILES string of the molecule is Cc1nn(-c2ccccc2)c(C)c1CNC(=O)c1nc(-c2ccc(F)cc2)no1. The lowest BCUT2D eigenvalue weighted by molar-refractivity contribution is 0.0907. The predicted molar refractivity (Wildman–Crippen MR) is 104 cm³/mol. The second-order valence-corrected chi connectivity index (χ2v) is 6.51. The van der Waals surface area contributed by atoms with Gasteiger partial charge in [-0.2, -0.15) is 10.1 Å². The van der Waals surface area contributed by atoms with Crippen molar-refractivity contribution < 1.29 is 13.7 Å². The molecule has 2 heterocycles. The number of para-hydroxylation sites is 1. The van der Waals surface area contributed by atoms with Crippen molar-refractivity contribution in [3.63, 3.8) is 0 Å². The van der Waals surface area contributed by atoms with Crippen molar-refractivity contribution in [1.29, 1.82) is 0 Å². The minimum Gasteiger partial charge on any atom is -0.344 e. The number of hydrogen-bond donors (Lipinski definition) is 1. The molecule has 2 aromatic carbocycles. The molecular formula is C21H18FN5O2. The molecule has 0 saturated heterocycles. The van der Waals surface area contributed by atoms with Gasteiger partial charge in [0.15, 0.2) is 0 Å². The maximum atomic E-state index is 13.0. The van der Waals surface area contributed by atoms with Gasteiger partial charge in [0, 0.05) is 23.4 Å². The average Bonchev–Trinajstić information content (AvgIpc) is 3.33. The molecule has 0 bridgehead atoms. The molecule has 0 fully saturated rings. The molecule has 0 saturated carbocycles.